The molecule has 0 atom stereocenters. The molecular formula is C23H28N2O4. The molecular weight excluding hydrogens is 368 g/mol. The number of aryl methyl sites for hydroxylation is 2. The second kappa shape index (κ2) is 8.99. The number of anilines is 1. The molecule has 6 heteroatoms. The minimum absolute atomic E-state index is 0.0199. The van der Waals surface area contributed by atoms with Gasteiger partial charge in [0.2, 0.25) is 5.91 Å². The van der Waals surface area contributed by atoms with E-state index in [0.29, 0.717) is 43.0 Å². The van der Waals surface area contributed by atoms with Gasteiger partial charge in [0.15, 0.2) is 11.5 Å². The molecule has 154 valence electrons. The number of piperidine rings is 1. The maximum Gasteiger partial charge on any atom is 0.253 e. The van der Waals surface area contributed by atoms with Crippen molar-refractivity contribution in [2.24, 2.45) is 5.92 Å². The molecule has 2 aromatic rings. The quantitative estimate of drug-likeness (QED) is 0.834. The molecule has 1 saturated heterocycles. The van der Waals surface area contributed by atoms with E-state index in [1.807, 2.05) is 32.0 Å². The Hall–Kier alpha value is -3.02. The minimum atomic E-state index is -0.0916. The first-order chi connectivity index (χ1) is 13.9. The molecule has 0 radical (unpaired) electrons. The zero-order valence-electron chi connectivity index (χ0n) is 17.5. The Morgan fingerprint density at radius 1 is 0.931 bits per heavy atom. The van der Waals surface area contributed by atoms with Crippen LogP contribution in [0.5, 0.6) is 11.5 Å². The summed E-state index contributed by atoms with van der Waals surface area (Å²) < 4.78 is 10.5. The maximum atomic E-state index is 12.8. The van der Waals surface area contributed by atoms with Crippen molar-refractivity contribution in [1.29, 1.82) is 0 Å². The third kappa shape index (κ3) is 4.70. The largest absolute Gasteiger partial charge is 0.493 e. The smallest absolute Gasteiger partial charge is 0.253 e. The average Bonchev–Trinajstić information content (AvgIpc) is 2.75. The van der Waals surface area contributed by atoms with Crippen molar-refractivity contribution in [1.82, 2.24) is 4.90 Å². The fraction of sp³-hybridized carbons (Fsp3) is 0.391. The van der Waals surface area contributed by atoms with Gasteiger partial charge in [-0.1, -0.05) is 6.07 Å². The summed E-state index contributed by atoms with van der Waals surface area (Å²) in [5.74, 6) is 0.989. The Morgan fingerprint density at radius 3 is 2.24 bits per heavy atom. The van der Waals surface area contributed by atoms with Crippen LogP contribution < -0.4 is 14.8 Å². The molecule has 1 aliphatic heterocycles. The van der Waals surface area contributed by atoms with Gasteiger partial charge in [-0.2, -0.15) is 0 Å². The summed E-state index contributed by atoms with van der Waals surface area (Å²) in [4.78, 5) is 27.2. The van der Waals surface area contributed by atoms with Crippen LogP contribution in [0.15, 0.2) is 36.4 Å². The van der Waals surface area contributed by atoms with Crippen LogP contribution in [0.1, 0.15) is 34.3 Å². The minimum Gasteiger partial charge on any atom is -0.493 e. The number of carbonyl (C=O) groups excluding carboxylic acids is 2. The first-order valence-electron chi connectivity index (χ1n) is 9.82. The van der Waals surface area contributed by atoms with E-state index in [-0.39, 0.29) is 17.7 Å². The molecule has 0 bridgehead atoms. The molecule has 2 amide bonds. The van der Waals surface area contributed by atoms with E-state index in [1.165, 1.54) is 5.56 Å². The number of benzene rings is 2. The third-order valence-electron chi connectivity index (χ3n) is 5.56. The molecule has 0 unspecified atom stereocenters. The molecule has 3 rings (SSSR count). The summed E-state index contributed by atoms with van der Waals surface area (Å²) in [5.41, 5.74) is 3.73. The van der Waals surface area contributed by atoms with Crippen molar-refractivity contribution in [2.75, 3.05) is 32.6 Å². The number of hydrogen-bond acceptors (Lipinski definition) is 4. The zero-order chi connectivity index (χ0) is 21.0. The fourth-order valence-corrected chi connectivity index (χ4v) is 3.56. The molecule has 1 fully saturated rings. The standard InChI is InChI=1S/C23H28N2O4/c1-15-5-7-19(13-16(15)2)24-22(26)17-9-11-25(12-10-17)23(27)18-6-8-20(28-3)21(14-18)29-4/h5-8,13-14,17H,9-12H2,1-4H3,(H,24,26). The molecule has 0 spiro atoms. The number of methoxy groups -OCH3 is 2. The number of ether oxygens (including phenoxy) is 2. The Balaban J connectivity index is 1.59. The highest BCUT2D eigenvalue weighted by atomic mass is 16.5. The summed E-state index contributed by atoms with van der Waals surface area (Å²) >= 11 is 0. The molecule has 1 aliphatic rings. The van der Waals surface area contributed by atoms with Crippen molar-refractivity contribution in [2.45, 2.75) is 26.7 Å². The summed E-state index contributed by atoms with van der Waals surface area (Å²) in [6.07, 6.45) is 1.30. The lowest BCUT2D eigenvalue weighted by Gasteiger charge is -2.31. The van der Waals surface area contributed by atoms with Crippen LogP contribution in [0.2, 0.25) is 0 Å². The molecule has 6 nitrogen and oxygen atoms in total. The van der Waals surface area contributed by atoms with Crippen LogP contribution in [-0.4, -0.2) is 44.0 Å². The number of amides is 2. The maximum absolute atomic E-state index is 12.8. The predicted molar refractivity (Wildman–Crippen MR) is 113 cm³/mol. The zero-order valence-corrected chi connectivity index (χ0v) is 17.5. The van der Waals surface area contributed by atoms with E-state index >= 15 is 0 Å². The molecule has 0 saturated carbocycles. The molecule has 29 heavy (non-hydrogen) atoms. The Morgan fingerprint density at radius 2 is 1.62 bits per heavy atom. The summed E-state index contributed by atoms with van der Waals surface area (Å²) in [5, 5.41) is 3.01. The fourth-order valence-electron chi connectivity index (χ4n) is 3.56. The lowest BCUT2D eigenvalue weighted by atomic mass is 9.95. The molecule has 1 heterocycles. The SMILES string of the molecule is COc1ccc(C(=O)N2CCC(C(=O)Nc3ccc(C)c(C)c3)CC2)cc1OC. The Labute approximate surface area is 171 Å². The van der Waals surface area contributed by atoms with Gasteiger partial charge in [0, 0.05) is 30.3 Å². The monoisotopic (exact) mass is 396 g/mol. The van der Waals surface area contributed by atoms with Gasteiger partial charge in [0.05, 0.1) is 14.2 Å². The van der Waals surface area contributed by atoms with Gasteiger partial charge in [-0.3, -0.25) is 9.59 Å². The van der Waals surface area contributed by atoms with E-state index < -0.39 is 0 Å². The summed E-state index contributed by atoms with van der Waals surface area (Å²) in [7, 11) is 3.11. The van der Waals surface area contributed by atoms with Gasteiger partial charge < -0.3 is 19.7 Å². The van der Waals surface area contributed by atoms with Crippen LogP contribution in [0, 0.1) is 19.8 Å². The van der Waals surface area contributed by atoms with Crippen molar-refractivity contribution < 1.29 is 19.1 Å². The molecule has 0 aliphatic carbocycles. The number of nitrogens with zero attached hydrogens (tertiary/aromatic N) is 1. The van der Waals surface area contributed by atoms with Crippen molar-refractivity contribution in [3.05, 3.63) is 53.1 Å². The van der Waals surface area contributed by atoms with Gasteiger partial charge in [0.1, 0.15) is 0 Å². The van der Waals surface area contributed by atoms with E-state index in [4.69, 9.17) is 9.47 Å². The normalized spacial score (nSPS) is 14.4. The molecule has 0 aromatic heterocycles. The number of carbonyl (C=O) groups is 2. The van der Waals surface area contributed by atoms with Gasteiger partial charge in [-0.25, -0.2) is 0 Å². The highest BCUT2D eigenvalue weighted by Gasteiger charge is 2.28. The van der Waals surface area contributed by atoms with Crippen LogP contribution in [0.4, 0.5) is 5.69 Å². The number of rotatable bonds is 5. The Kier molecular flexibility index (Phi) is 6.42. The second-order valence-electron chi connectivity index (χ2n) is 7.42. The second-order valence-corrected chi connectivity index (χ2v) is 7.42. The number of nitrogens with one attached hydrogen (secondary N) is 1. The number of likely N-dealkylation sites (tertiary alicyclic amines) is 1. The van der Waals surface area contributed by atoms with Crippen LogP contribution in [0.3, 0.4) is 0 Å². The van der Waals surface area contributed by atoms with Crippen LogP contribution >= 0.6 is 0 Å². The highest BCUT2D eigenvalue weighted by Crippen LogP contribution is 2.29. The molecule has 2 aromatic carbocycles. The van der Waals surface area contributed by atoms with Crippen molar-refractivity contribution in [3.8, 4) is 11.5 Å². The lowest BCUT2D eigenvalue weighted by molar-refractivity contribution is -0.121. The van der Waals surface area contributed by atoms with E-state index in [2.05, 4.69) is 5.32 Å². The van der Waals surface area contributed by atoms with Crippen molar-refractivity contribution in [3.63, 3.8) is 0 Å². The number of hydrogen-bond donors (Lipinski definition) is 1. The summed E-state index contributed by atoms with van der Waals surface area (Å²) in [6.45, 7) is 5.19. The van der Waals surface area contributed by atoms with Crippen molar-refractivity contribution >= 4 is 17.5 Å². The summed E-state index contributed by atoms with van der Waals surface area (Å²) in [6, 6.07) is 11.1. The topological polar surface area (TPSA) is 67.9 Å². The van der Waals surface area contributed by atoms with E-state index in [0.717, 1.165) is 11.3 Å². The van der Waals surface area contributed by atoms with Gasteiger partial charge in [0.25, 0.3) is 5.91 Å². The van der Waals surface area contributed by atoms with Crippen LogP contribution in [0.25, 0.3) is 0 Å². The van der Waals surface area contributed by atoms with E-state index in [9.17, 15) is 9.59 Å². The highest BCUT2D eigenvalue weighted by molar-refractivity contribution is 5.96. The first-order valence-corrected chi connectivity index (χ1v) is 9.82. The van der Waals surface area contributed by atoms with Gasteiger partial charge in [-0.15, -0.1) is 0 Å². The lowest BCUT2D eigenvalue weighted by Crippen LogP contribution is -2.41. The third-order valence-corrected chi connectivity index (χ3v) is 5.56. The average molecular weight is 396 g/mol. The van der Waals surface area contributed by atoms with Crippen LogP contribution in [-0.2, 0) is 4.79 Å². The molecule has 1 N–H and O–H groups in total. The van der Waals surface area contributed by atoms with E-state index in [1.54, 1.807) is 37.3 Å². The van der Waals surface area contributed by atoms with Gasteiger partial charge in [-0.05, 0) is 68.1 Å². The predicted octanol–water partition coefficient (Wildman–Crippen LogP) is 3.81. The first kappa shape index (κ1) is 20.7. The van der Waals surface area contributed by atoms with Gasteiger partial charge >= 0.3 is 0 Å². The Bertz CT molecular complexity index is 902.